The van der Waals surface area contributed by atoms with E-state index in [1.54, 1.807) is 12.1 Å². The van der Waals surface area contributed by atoms with Gasteiger partial charge in [0.25, 0.3) is 5.69 Å². The molecular formula is C24H26N4O3. The molecule has 0 N–H and O–H groups in total. The summed E-state index contributed by atoms with van der Waals surface area (Å²) >= 11 is 0. The van der Waals surface area contributed by atoms with Gasteiger partial charge in [-0.3, -0.25) is 10.1 Å². The summed E-state index contributed by atoms with van der Waals surface area (Å²) in [6, 6.07) is 18.9. The molecule has 1 saturated heterocycles. The van der Waals surface area contributed by atoms with Crippen LogP contribution in [-0.4, -0.2) is 36.1 Å². The molecule has 4 rings (SSSR count). The Labute approximate surface area is 182 Å². The van der Waals surface area contributed by atoms with E-state index in [0.717, 1.165) is 48.9 Å². The summed E-state index contributed by atoms with van der Waals surface area (Å²) in [6.07, 6.45) is 0. The number of aromatic nitrogens is 1. The van der Waals surface area contributed by atoms with Crippen molar-refractivity contribution in [3.63, 3.8) is 0 Å². The number of pyridine rings is 1. The van der Waals surface area contributed by atoms with Gasteiger partial charge in [0.2, 0.25) is 0 Å². The summed E-state index contributed by atoms with van der Waals surface area (Å²) < 4.78 is 6.04. The van der Waals surface area contributed by atoms with E-state index in [4.69, 9.17) is 4.74 Å². The van der Waals surface area contributed by atoms with Gasteiger partial charge in [-0.05, 0) is 43.2 Å². The molecule has 31 heavy (non-hydrogen) atoms. The van der Waals surface area contributed by atoms with Crippen molar-refractivity contribution >= 4 is 17.2 Å². The zero-order valence-electron chi connectivity index (χ0n) is 17.8. The highest BCUT2D eigenvalue weighted by molar-refractivity contribution is 5.63. The van der Waals surface area contributed by atoms with Gasteiger partial charge in [-0.1, -0.05) is 30.3 Å². The van der Waals surface area contributed by atoms with Crippen LogP contribution in [0.15, 0.2) is 60.7 Å². The molecule has 0 bridgehead atoms. The van der Waals surface area contributed by atoms with E-state index >= 15 is 0 Å². The minimum atomic E-state index is -0.386. The fourth-order valence-electron chi connectivity index (χ4n) is 3.89. The predicted octanol–water partition coefficient (Wildman–Crippen LogP) is 4.51. The van der Waals surface area contributed by atoms with E-state index in [2.05, 4.69) is 33.8 Å². The Balaban J connectivity index is 1.51. The Morgan fingerprint density at radius 3 is 2.35 bits per heavy atom. The van der Waals surface area contributed by atoms with Crippen molar-refractivity contribution in [3.8, 4) is 5.75 Å². The van der Waals surface area contributed by atoms with Crippen LogP contribution in [0.5, 0.6) is 5.75 Å². The van der Waals surface area contributed by atoms with E-state index in [0.29, 0.717) is 12.4 Å². The van der Waals surface area contributed by atoms with Crippen molar-refractivity contribution < 1.29 is 9.66 Å². The van der Waals surface area contributed by atoms with Crippen LogP contribution in [0.3, 0.4) is 0 Å². The van der Waals surface area contributed by atoms with Gasteiger partial charge in [-0.2, -0.15) is 0 Å². The molecule has 7 nitrogen and oxygen atoms in total. The minimum absolute atomic E-state index is 0.0323. The van der Waals surface area contributed by atoms with E-state index in [1.165, 1.54) is 11.6 Å². The smallest absolute Gasteiger partial charge is 0.273 e. The number of nitrogens with zero attached hydrogens (tertiary/aromatic N) is 4. The molecule has 1 aromatic heterocycles. The summed E-state index contributed by atoms with van der Waals surface area (Å²) in [4.78, 5) is 20.1. The molecule has 0 radical (unpaired) electrons. The molecule has 0 amide bonds. The number of ether oxygens (including phenoxy) is 1. The Hall–Kier alpha value is -3.61. The van der Waals surface area contributed by atoms with Crippen molar-refractivity contribution in [2.24, 2.45) is 0 Å². The van der Waals surface area contributed by atoms with Gasteiger partial charge >= 0.3 is 0 Å². The lowest BCUT2D eigenvalue weighted by atomic mass is 10.2. The van der Waals surface area contributed by atoms with Crippen molar-refractivity contribution in [1.82, 2.24) is 4.98 Å². The molecule has 0 atom stereocenters. The van der Waals surface area contributed by atoms with Crippen LogP contribution in [0.1, 0.15) is 16.8 Å². The van der Waals surface area contributed by atoms with Crippen LogP contribution in [-0.2, 0) is 6.61 Å². The van der Waals surface area contributed by atoms with Crippen LogP contribution in [0, 0.1) is 24.0 Å². The number of anilines is 2. The van der Waals surface area contributed by atoms with Gasteiger partial charge in [0.1, 0.15) is 18.2 Å². The Kier molecular flexibility index (Phi) is 6.02. The second-order valence-corrected chi connectivity index (χ2v) is 7.80. The van der Waals surface area contributed by atoms with Gasteiger partial charge < -0.3 is 14.5 Å². The van der Waals surface area contributed by atoms with Gasteiger partial charge in [0, 0.05) is 37.9 Å². The molecule has 0 spiro atoms. The van der Waals surface area contributed by atoms with Gasteiger partial charge in [0.05, 0.1) is 16.7 Å². The van der Waals surface area contributed by atoms with Crippen molar-refractivity contribution in [2.45, 2.75) is 20.5 Å². The quantitative estimate of drug-likeness (QED) is 0.433. The van der Waals surface area contributed by atoms with Crippen molar-refractivity contribution in [1.29, 1.82) is 0 Å². The van der Waals surface area contributed by atoms with Crippen LogP contribution in [0.4, 0.5) is 17.2 Å². The zero-order valence-corrected chi connectivity index (χ0v) is 17.8. The number of benzene rings is 2. The highest BCUT2D eigenvalue weighted by Gasteiger charge is 2.23. The summed E-state index contributed by atoms with van der Waals surface area (Å²) in [5.41, 5.74) is 4.16. The number of aryl methyl sites for hydroxylation is 2. The molecule has 7 heteroatoms. The monoisotopic (exact) mass is 418 g/mol. The third kappa shape index (κ3) is 4.94. The molecule has 3 aromatic rings. The highest BCUT2D eigenvalue weighted by atomic mass is 16.6. The second kappa shape index (κ2) is 9.04. The predicted molar refractivity (Wildman–Crippen MR) is 122 cm³/mol. The fraction of sp³-hybridized carbons (Fsp3) is 0.292. The van der Waals surface area contributed by atoms with Crippen LogP contribution in [0.25, 0.3) is 0 Å². The molecule has 1 fully saturated rings. The van der Waals surface area contributed by atoms with Gasteiger partial charge in [0.15, 0.2) is 0 Å². The Morgan fingerprint density at radius 2 is 1.68 bits per heavy atom. The maximum atomic E-state index is 11.3. The molecule has 160 valence electrons. The maximum absolute atomic E-state index is 11.3. The Bertz CT molecular complexity index is 1040. The topological polar surface area (TPSA) is 71.7 Å². The normalized spacial score (nSPS) is 13.9. The number of hydrogen-bond donors (Lipinski definition) is 0. The first-order valence-corrected chi connectivity index (χ1v) is 10.4. The standard InChI is InChI=1S/C24H26N4O3/c1-18-14-19(2)25-24(15-18)27-12-10-26(11-13-27)22-9-8-21(28(29)30)16-23(22)31-17-20-6-4-3-5-7-20/h3-9,14-16H,10-13,17H2,1-2H3. The first kappa shape index (κ1) is 20.7. The first-order chi connectivity index (χ1) is 15.0. The fourth-order valence-corrected chi connectivity index (χ4v) is 3.89. The average molecular weight is 418 g/mol. The minimum Gasteiger partial charge on any atom is -0.486 e. The molecule has 1 aliphatic rings. The molecule has 2 aromatic carbocycles. The van der Waals surface area contributed by atoms with E-state index in [1.807, 2.05) is 37.3 Å². The van der Waals surface area contributed by atoms with Gasteiger partial charge in [-0.25, -0.2) is 4.98 Å². The second-order valence-electron chi connectivity index (χ2n) is 7.80. The van der Waals surface area contributed by atoms with E-state index in [-0.39, 0.29) is 10.6 Å². The molecule has 1 aliphatic heterocycles. The lowest BCUT2D eigenvalue weighted by molar-refractivity contribution is -0.384. The van der Waals surface area contributed by atoms with Gasteiger partial charge in [-0.15, -0.1) is 0 Å². The van der Waals surface area contributed by atoms with E-state index < -0.39 is 0 Å². The summed E-state index contributed by atoms with van der Waals surface area (Å²) in [6.45, 7) is 7.68. The third-order valence-electron chi connectivity index (χ3n) is 5.42. The molecular weight excluding hydrogens is 392 g/mol. The first-order valence-electron chi connectivity index (χ1n) is 10.4. The third-order valence-corrected chi connectivity index (χ3v) is 5.42. The highest BCUT2D eigenvalue weighted by Crippen LogP contribution is 2.34. The van der Waals surface area contributed by atoms with E-state index in [9.17, 15) is 10.1 Å². The van der Waals surface area contributed by atoms with Crippen LogP contribution < -0.4 is 14.5 Å². The van der Waals surface area contributed by atoms with Crippen molar-refractivity contribution in [2.75, 3.05) is 36.0 Å². The lowest BCUT2D eigenvalue weighted by Gasteiger charge is -2.37. The zero-order chi connectivity index (χ0) is 21.8. The lowest BCUT2D eigenvalue weighted by Crippen LogP contribution is -2.47. The van der Waals surface area contributed by atoms with Crippen LogP contribution >= 0.6 is 0 Å². The number of non-ortho nitro benzene ring substituents is 1. The number of piperazine rings is 1. The SMILES string of the molecule is Cc1cc(C)nc(N2CCN(c3ccc([N+](=O)[O-])cc3OCc3ccccc3)CC2)c1. The molecule has 0 unspecified atom stereocenters. The number of nitro groups is 1. The van der Waals surface area contributed by atoms with Crippen molar-refractivity contribution in [3.05, 3.63) is 87.6 Å². The number of hydrogen-bond acceptors (Lipinski definition) is 6. The Morgan fingerprint density at radius 1 is 0.968 bits per heavy atom. The maximum Gasteiger partial charge on any atom is 0.273 e. The number of rotatable bonds is 6. The van der Waals surface area contributed by atoms with Crippen LogP contribution in [0.2, 0.25) is 0 Å². The summed E-state index contributed by atoms with van der Waals surface area (Å²) in [5.74, 6) is 1.54. The summed E-state index contributed by atoms with van der Waals surface area (Å²) in [5, 5.41) is 11.3. The average Bonchev–Trinajstić information content (AvgIpc) is 2.77. The number of nitro benzene ring substituents is 1. The molecule has 0 saturated carbocycles. The summed E-state index contributed by atoms with van der Waals surface area (Å²) in [7, 11) is 0. The molecule has 0 aliphatic carbocycles. The largest absolute Gasteiger partial charge is 0.486 e. The molecule has 2 heterocycles.